The Bertz CT molecular complexity index is 943. The number of nitrogens with zero attached hydrogens (tertiary/aromatic N) is 1. The number of nitrogens with one attached hydrogen (secondary N) is 1. The Hall–Kier alpha value is -2.05. The number of rotatable bonds is 9. The molecule has 0 unspecified atom stereocenters. The van der Waals surface area contributed by atoms with Crippen molar-refractivity contribution in [1.82, 2.24) is 0 Å². The first-order valence-electron chi connectivity index (χ1n) is 9.82. The molecule has 0 spiro atoms. The number of aryl methyl sites for hydroxylation is 2. The molecule has 5 nitrogen and oxygen atoms in total. The molecule has 2 rings (SSSR count). The highest BCUT2D eigenvalue weighted by Gasteiger charge is 2.31. The molecule has 1 amide bonds. The van der Waals surface area contributed by atoms with Crippen molar-refractivity contribution >= 4 is 38.9 Å². The molecule has 29 heavy (non-hydrogen) atoms. The molecule has 0 heterocycles. The Morgan fingerprint density at radius 1 is 1.14 bits per heavy atom. The molecule has 0 bridgehead atoms. The van der Waals surface area contributed by atoms with Crippen LogP contribution in [0.1, 0.15) is 44.2 Å². The van der Waals surface area contributed by atoms with Crippen LogP contribution >= 0.6 is 11.6 Å². The summed E-state index contributed by atoms with van der Waals surface area (Å²) in [6.45, 7) is 5.77. The fourth-order valence-corrected chi connectivity index (χ4v) is 4.52. The molecule has 0 fully saturated rings. The standard InChI is InChI=1S/C22H29ClN2O3S/c1-5-7-8-17-10-12-18(13-11-17)24-22(26)21(6-2)25(29(4,27)28)19-14-9-16(3)20(23)15-19/h9-15,21H,5-8H2,1-4H3,(H,24,26)/t21-/m0/s1. The third-order valence-electron chi connectivity index (χ3n) is 4.78. The summed E-state index contributed by atoms with van der Waals surface area (Å²) < 4.78 is 26.2. The van der Waals surface area contributed by atoms with Gasteiger partial charge in [0.05, 0.1) is 11.9 Å². The van der Waals surface area contributed by atoms with Gasteiger partial charge in [-0.05, 0) is 61.6 Å². The van der Waals surface area contributed by atoms with Crippen molar-refractivity contribution in [1.29, 1.82) is 0 Å². The maximum atomic E-state index is 13.0. The van der Waals surface area contributed by atoms with Crippen LogP contribution < -0.4 is 9.62 Å². The monoisotopic (exact) mass is 436 g/mol. The summed E-state index contributed by atoms with van der Waals surface area (Å²) in [5, 5.41) is 3.30. The minimum atomic E-state index is -3.70. The molecule has 1 N–H and O–H groups in total. The molecule has 0 aromatic heterocycles. The number of hydrogen-bond donors (Lipinski definition) is 1. The summed E-state index contributed by atoms with van der Waals surface area (Å²) in [5.41, 5.74) is 3.07. The van der Waals surface area contributed by atoms with Crippen molar-refractivity contribution in [3.8, 4) is 0 Å². The van der Waals surface area contributed by atoms with Gasteiger partial charge in [0.1, 0.15) is 6.04 Å². The quantitative estimate of drug-likeness (QED) is 0.589. The SMILES string of the molecule is CCCCc1ccc(NC(=O)[C@H](CC)N(c2ccc(C)c(Cl)c2)S(C)(=O)=O)cc1. The van der Waals surface area contributed by atoms with E-state index in [4.69, 9.17) is 11.6 Å². The van der Waals surface area contributed by atoms with Gasteiger partial charge in [0.2, 0.25) is 15.9 Å². The lowest BCUT2D eigenvalue weighted by Crippen LogP contribution is -2.47. The summed E-state index contributed by atoms with van der Waals surface area (Å²) in [6, 6.07) is 11.8. The second-order valence-electron chi connectivity index (χ2n) is 7.21. The van der Waals surface area contributed by atoms with Crippen LogP contribution in [0.25, 0.3) is 0 Å². The Morgan fingerprint density at radius 3 is 2.31 bits per heavy atom. The molecule has 0 radical (unpaired) electrons. The van der Waals surface area contributed by atoms with Gasteiger partial charge < -0.3 is 5.32 Å². The first kappa shape index (κ1) is 23.2. The topological polar surface area (TPSA) is 66.5 Å². The van der Waals surface area contributed by atoms with Crippen molar-refractivity contribution in [2.75, 3.05) is 15.9 Å². The van der Waals surface area contributed by atoms with E-state index in [0.717, 1.165) is 35.4 Å². The third kappa shape index (κ3) is 6.21. The van der Waals surface area contributed by atoms with Gasteiger partial charge in [-0.15, -0.1) is 0 Å². The Labute approximate surface area is 179 Å². The second kappa shape index (κ2) is 10.1. The average Bonchev–Trinajstić information content (AvgIpc) is 2.66. The molecule has 158 valence electrons. The fourth-order valence-electron chi connectivity index (χ4n) is 3.14. The molecule has 1 atom stereocenters. The second-order valence-corrected chi connectivity index (χ2v) is 9.47. The minimum Gasteiger partial charge on any atom is -0.324 e. The van der Waals surface area contributed by atoms with Gasteiger partial charge in [-0.3, -0.25) is 9.10 Å². The lowest BCUT2D eigenvalue weighted by molar-refractivity contribution is -0.117. The molecule has 0 aliphatic heterocycles. The van der Waals surface area contributed by atoms with Gasteiger partial charge in [0.25, 0.3) is 0 Å². The first-order chi connectivity index (χ1) is 13.7. The lowest BCUT2D eigenvalue weighted by atomic mass is 10.1. The normalized spacial score (nSPS) is 12.4. The van der Waals surface area contributed by atoms with Crippen LogP contribution in [-0.4, -0.2) is 26.6 Å². The molecular formula is C22H29ClN2O3S. The van der Waals surface area contributed by atoms with Crippen LogP contribution in [-0.2, 0) is 21.2 Å². The smallest absolute Gasteiger partial charge is 0.248 e. The van der Waals surface area contributed by atoms with Crippen molar-refractivity contribution in [3.05, 3.63) is 58.6 Å². The highest BCUT2D eigenvalue weighted by molar-refractivity contribution is 7.92. The van der Waals surface area contributed by atoms with E-state index in [9.17, 15) is 13.2 Å². The zero-order valence-electron chi connectivity index (χ0n) is 17.4. The van der Waals surface area contributed by atoms with Gasteiger partial charge in [0, 0.05) is 10.7 Å². The van der Waals surface area contributed by atoms with Gasteiger partial charge in [0.15, 0.2) is 0 Å². The predicted octanol–water partition coefficient (Wildman–Crippen LogP) is 5.17. The Morgan fingerprint density at radius 2 is 1.79 bits per heavy atom. The Balaban J connectivity index is 2.27. The summed E-state index contributed by atoms with van der Waals surface area (Å²) in [6.07, 6.45) is 4.66. The maximum Gasteiger partial charge on any atom is 0.248 e. The molecule has 0 saturated carbocycles. The number of hydrogen-bond acceptors (Lipinski definition) is 3. The molecule has 7 heteroatoms. The number of carbonyl (C=O) groups is 1. The molecule has 2 aromatic rings. The number of carbonyl (C=O) groups excluding carboxylic acids is 1. The zero-order chi connectivity index (χ0) is 21.6. The first-order valence-corrected chi connectivity index (χ1v) is 12.0. The minimum absolute atomic E-state index is 0.318. The Kier molecular flexibility index (Phi) is 8.11. The summed E-state index contributed by atoms with van der Waals surface area (Å²) >= 11 is 6.19. The molecule has 2 aromatic carbocycles. The average molecular weight is 437 g/mol. The van der Waals surface area contributed by atoms with E-state index >= 15 is 0 Å². The van der Waals surface area contributed by atoms with E-state index in [1.807, 2.05) is 31.2 Å². The van der Waals surface area contributed by atoms with Gasteiger partial charge in [-0.25, -0.2) is 8.42 Å². The number of benzene rings is 2. The van der Waals surface area contributed by atoms with E-state index in [2.05, 4.69) is 12.2 Å². The van der Waals surface area contributed by atoms with Crippen molar-refractivity contribution in [2.24, 2.45) is 0 Å². The van der Waals surface area contributed by atoms with E-state index in [1.165, 1.54) is 5.56 Å². The van der Waals surface area contributed by atoms with Gasteiger partial charge in [-0.1, -0.05) is 50.1 Å². The van der Waals surface area contributed by atoms with Gasteiger partial charge >= 0.3 is 0 Å². The molecule has 0 saturated heterocycles. The van der Waals surface area contributed by atoms with Crippen LogP contribution in [0.4, 0.5) is 11.4 Å². The van der Waals surface area contributed by atoms with E-state index < -0.39 is 16.1 Å². The zero-order valence-corrected chi connectivity index (χ0v) is 19.0. The van der Waals surface area contributed by atoms with E-state index in [0.29, 0.717) is 22.8 Å². The number of amides is 1. The molecular weight excluding hydrogens is 408 g/mol. The third-order valence-corrected chi connectivity index (χ3v) is 6.37. The van der Waals surface area contributed by atoms with Crippen LogP contribution in [0, 0.1) is 6.92 Å². The summed E-state index contributed by atoms with van der Waals surface area (Å²) in [7, 11) is -3.70. The summed E-state index contributed by atoms with van der Waals surface area (Å²) in [5.74, 6) is -0.379. The molecule has 0 aliphatic carbocycles. The molecule has 0 aliphatic rings. The van der Waals surface area contributed by atoms with Gasteiger partial charge in [-0.2, -0.15) is 0 Å². The largest absolute Gasteiger partial charge is 0.324 e. The van der Waals surface area contributed by atoms with Crippen molar-refractivity contribution in [2.45, 2.75) is 52.5 Å². The number of anilines is 2. The number of sulfonamides is 1. The lowest BCUT2D eigenvalue weighted by Gasteiger charge is -2.30. The van der Waals surface area contributed by atoms with Crippen LogP contribution in [0.3, 0.4) is 0 Å². The predicted molar refractivity (Wildman–Crippen MR) is 121 cm³/mol. The highest BCUT2D eigenvalue weighted by atomic mass is 35.5. The van der Waals surface area contributed by atoms with E-state index in [-0.39, 0.29) is 5.91 Å². The van der Waals surface area contributed by atoms with Crippen molar-refractivity contribution in [3.63, 3.8) is 0 Å². The number of unbranched alkanes of at least 4 members (excludes halogenated alkanes) is 1. The maximum absolute atomic E-state index is 13.0. The summed E-state index contributed by atoms with van der Waals surface area (Å²) in [4.78, 5) is 13.0. The van der Waals surface area contributed by atoms with E-state index in [1.54, 1.807) is 25.1 Å². The number of halogens is 1. The van der Waals surface area contributed by atoms with Crippen LogP contribution in [0.2, 0.25) is 5.02 Å². The fraction of sp³-hybridized carbons (Fsp3) is 0.409. The highest BCUT2D eigenvalue weighted by Crippen LogP contribution is 2.28. The van der Waals surface area contributed by atoms with Crippen LogP contribution in [0.5, 0.6) is 0 Å². The van der Waals surface area contributed by atoms with Crippen molar-refractivity contribution < 1.29 is 13.2 Å². The van der Waals surface area contributed by atoms with Crippen LogP contribution in [0.15, 0.2) is 42.5 Å².